The first-order valence-corrected chi connectivity index (χ1v) is 8.80. The Morgan fingerprint density at radius 3 is 2.52 bits per heavy atom. The molecule has 0 saturated carbocycles. The molecule has 6 nitrogen and oxygen atoms in total. The molecule has 0 bridgehead atoms. The SMILES string of the molecule is COC(C)C(=O)Nc1cccc(NC(=O)N2CCCC(C)(C)CC2)c1. The maximum Gasteiger partial charge on any atom is 0.321 e. The smallest absolute Gasteiger partial charge is 0.321 e. The van der Waals surface area contributed by atoms with Gasteiger partial charge < -0.3 is 20.3 Å². The zero-order valence-corrected chi connectivity index (χ0v) is 15.6. The van der Waals surface area contributed by atoms with E-state index in [9.17, 15) is 9.59 Å². The number of urea groups is 1. The van der Waals surface area contributed by atoms with Gasteiger partial charge in [0.25, 0.3) is 5.91 Å². The Labute approximate surface area is 149 Å². The first-order valence-electron chi connectivity index (χ1n) is 8.80. The molecule has 138 valence electrons. The first kappa shape index (κ1) is 19.2. The Hall–Kier alpha value is -2.08. The normalized spacial score (nSPS) is 18.2. The van der Waals surface area contributed by atoms with Gasteiger partial charge in [-0.25, -0.2) is 4.79 Å². The fourth-order valence-corrected chi connectivity index (χ4v) is 2.85. The van der Waals surface area contributed by atoms with E-state index >= 15 is 0 Å². The summed E-state index contributed by atoms with van der Waals surface area (Å²) in [6, 6.07) is 7.06. The van der Waals surface area contributed by atoms with Crippen LogP contribution < -0.4 is 10.6 Å². The van der Waals surface area contributed by atoms with Gasteiger partial charge in [0.15, 0.2) is 0 Å². The second-order valence-corrected chi connectivity index (χ2v) is 7.38. The molecule has 1 atom stereocenters. The monoisotopic (exact) mass is 347 g/mol. The van der Waals surface area contributed by atoms with Crippen LogP contribution in [-0.2, 0) is 9.53 Å². The molecule has 1 saturated heterocycles. The minimum absolute atomic E-state index is 0.0913. The Morgan fingerprint density at radius 1 is 1.16 bits per heavy atom. The van der Waals surface area contributed by atoms with Gasteiger partial charge in [-0.05, 0) is 49.8 Å². The topological polar surface area (TPSA) is 70.7 Å². The third-order valence-corrected chi connectivity index (χ3v) is 4.73. The highest BCUT2D eigenvalue weighted by atomic mass is 16.5. The molecule has 1 aromatic carbocycles. The summed E-state index contributed by atoms with van der Waals surface area (Å²) >= 11 is 0. The van der Waals surface area contributed by atoms with E-state index in [0.29, 0.717) is 11.4 Å². The number of benzene rings is 1. The molecule has 2 rings (SSSR count). The zero-order chi connectivity index (χ0) is 18.4. The van der Waals surface area contributed by atoms with Gasteiger partial charge in [0, 0.05) is 31.6 Å². The third kappa shape index (κ3) is 5.74. The summed E-state index contributed by atoms with van der Waals surface area (Å²) < 4.78 is 5.00. The van der Waals surface area contributed by atoms with Crippen molar-refractivity contribution in [2.45, 2.75) is 46.1 Å². The van der Waals surface area contributed by atoms with Crippen LogP contribution in [0.4, 0.5) is 16.2 Å². The second kappa shape index (κ2) is 8.34. The molecular weight excluding hydrogens is 318 g/mol. The zero-order valence-electron chi connectivity index (χ0n) is 15.6. The third-order valence-electron chi connectivity index (χ3n) is 4.73. The predicted molar refractivity (Wildman–Crippen MR) is 99.8 cm³/mol. The molecule has 3 amide bonds. The lowest BCUT2D eigenvalue weighted by atomic mass is 9.85. The minimum Gasteiger partial charge on any atom is -0.372 e. The molecule has 1 aromatic rings. The summed E-state index contributed by atoms with van der Waals surface area (Å²) in [5.41, 5.74) is 1.58. The quantitative estimate of drug-likeness (QED) is 0.872. The molecule has 1 fully saturated rings. The van der Waals surface area contributed by atoms with Gasteiger partial charge in [-0.2, -0.15) is 0 Å². The summed E-state index contributed by atoms with van der Waals surface area (Å²) in [7, 11) is 1.49. The van der Waals surface area contributed by atoms with Crippen LogP contribution in [0.25, 0.3) is 0 Å². The molecule has 1 heterocycles. The van der Waals surface area contributed by atoms with Crippen molar-refractivity contribution in [3.05, 3.63) is 24.3 Å². The van der Waals surface area contributed by atoms with Crippen molar-refractivity contribution in [3.63, 3.8) is 0 Å². The number of ether oxygens (including phenoxy) is 1. The average molecular weight is 347 g/mol. The number of nitrogens with zero attached hydrogens (tertiary/aromatic N) is 1. The van der Waals surface area contributed by atoms with Gasteiger partial charge in [-0.1, -0.05) is 19.9 Å². The van der Waals surface area contributed by atoms with Crippen LogP contribution in [-0.4, -0.2) is 43.1 Å². The van der Waals surface area contributed by atoms with E-state index in [1.807, 2.05) is 11.0 Å². The largest absolute Gasteiger partial charge is 0.372 e. The molecule has 1 aliphatic heterocycles. The molecular formula is C19H29N3O3. The number of hydrogen-bond donors (Lipinski definition) is 2. The number of amides is 3. The van der Waals surface area contributed by atoms with Crippen molar-refractivity contribution in [1.82, 2.24) is 4.90 Å². The molecule has 0 spiro atoms. The van der Waals surface area contributed by atoms with Crippen LogP contribution in [0.2, 0.25) is 0 Å². The van der Waals surface area contributed by atoms with Gasteiger partial charge >= 0.3 is 6.03 Å². The maximum absolute atomic E-state index is 12.5. The lowest BCUT2D eigenvalue weighted by Gasteiger charge is -2.23. The standard InChI is InChI=1S/C19H29N3O3/c1-14(25-4)17(23)20-15-7-5-8-16(13-15)21-18(24)22-11-6-9-19(2,3)10-12-22/h5,7-8,13-14H,6,9-12H2,1-4H3,(H,20,23)(H,21,24). The van der Waals surface area contributed by atoms with Gasteiger partial charge in [-0.15, -0.1) is 0 Å². The highest BCUT2D eigenvalue weighted by Crippen LogP contribution is 2.30. The Kier molecular flexibility index (Phi) is 6.42. The van der Waals surface area contributed by atoms with E-state index < -0.39 is 6.10 Å². The fraction of sp³-hybridized carbons (Fsp3) is 0.579. The van der Waals surface area contributed by atoms with Crippen molar-refractivity contribution in [2.24, 2.45) is 5.41 Å². The van der Waals surface area contributed by atoms with E-state index in [1.165, 1.54) is 7.11 Å². The van der Waals surface area contributed by atoms with E-state index in [1.54, 1.807) is 25.1 Å². The van der Waals surface area contributed by atoms with Crippen molar-refractivity contribution in [2.75, 3.05) is 30.8 Å². The minimum atomic E-state index is -0.529. The number of nitrogens with one attached hydrogen (secondary N) is 2. The number of methoxy groups -OCH3 is 1. The van der Waals surface area contributed by atoms with Gasteiger partial charge in [0.2, 0.25) is 0 Å². The Balaban J connectivity index is 1.97. The second-order valence-electron chi connectivity index (χ2n) is 7.38. The molecule has 1 unspecified atom stereocenters. The van der Waals surface area contributed by atoms with E-state index in [4.69, 9.17) is 4.74 Å². The molecule has 0 radical (unpaired) electrons. The van der Waals surface area contributed by atoms with Crippen molar-refractivity contribution >= 4 is 23.3 Å². The molecule has 6 heteroatoms. The number of anilines is 2. The number of hydrogen-bond acceptors (Lipinski definition) is 3. The predicted octanol–water partition coefficient (Wildman–Crippen LogP) is 3.70. The summed E-state index contributed by atoms with van der Waals surface area (Å²) in [4.78, 5) is 26.3. The molecule has 0 aliphatic carbocycles. The lowest BCUT2D eigenvalue weighted by Crippen LogP contribution is -2.36. The van der Waals surface area contributed by atoms with E-state index in [2.05, 4.69) is 24.5 Å². The lowest BCUT2D eigenvalue weighted by molar-refractivity contribution is -0.124. The molecule has 0 aromatic heterocycles. The summed E-state index contributed by atoms with van der Waals surface area (Å²) in [5, 5.41) is 5.71. The summed E-state index contributed by atoms with van der Waals surface area (Å²) in [5.74, 6) is -0.222. The van der Waals surface area contributed by atoms with Crippen LogP contribution in [0.3, 0.4) is 0 Å². The first-order chi connectivity index (χ1) is 11.8. The average Bonchev–Trinajstić information content (AvgIpc) is 2.75. The van der Waals surface area contributed by atoms with Gasteiger partial charge in [-0.3, -0.25) is 4.79 Å². The van der Waals surface area contributed by atoms with E-state index in [-0.39, 0.29) is 17.4 Å². The van der Waals surface area contributed by atoms with Gasteiger partial charge in [0.05, 0.1) is 0 Å². The summed E-state index contributed by atoms with van der Waals surface area (Å²) in [6.45, 7) is 7.72. The van der Waals surface area contributed by atoms with Crippen LogP contribution >= 0.6 is 0 Å². The van der Waals surface area contributed by atoms with Crippen molar-refractivity contribution < 1.29 is 14.3 Å². The molecule has 25 heavy (non-hydrogen) atoms. The highest BCUT2D eigenvalue weighted by molar-refractivity contribution is 5.95. The van der Waals surface area contributed by atoms with Crippen LogP contribution in [0, 0.1) is 5.41 Å². The van der Waals surface area contributed by atoms with E-state index in [0.717, 1.165) is 32.4 Å². The van der Waals surface area contributed by atoms with Crippen molar-refractivity contribution in [3.8, 4) is 0 Å². The fourth-order valence-electron chi connectivity index (χ4n) is 2.85. The Morgan fingerprint density at radius 2 is 1.84 bits per heavy atom. The van der Waals surface area contributed by atoms with Crippen molar-refractivity contribution in [1.29, 1.82) is 0 Å². The van der Waals surface area contributed by atoms with Gasteiger partial charge in [0.1, 0.15) is 6.10 Å². The Bertz CT molecular complexity index is 616. The maximum atomic E-state index is 12.5. The number of rotatable bonds is 4. The number of carbonyl (C=O) groups excluding carboxylic acids is 2. The highest BCUT2D eigenvalue weighted by Gasteiger charge is 2.25. The van der Waals surface area contributed by atoms with Crippen LogP contribution in [0.15, 0.2) is 24.3 Å². The van der Waals surface area contributed by atoms with Crippen LogP contribution in [0.5, 0.6) is 0 Å². The molecule has 1 aliphatic rings. The van der Waals surface area contributed by atoms with Crippen LogP contribution in [0.1, 0.15) is 40.0 Å². The summed E-state index contributed by atoms with van der Waals surface area (Å²) in [6.07, 6.45) is 2.63. The molecule has 2 N–H and O–H groups in total. The number of likely N-dealkylation sites (tertiary alicyclic amines) is 1. The number of carbonyl (C=O) groups is 2.